The lowest BCUT2D eigenvalue weighted by Gasteiger charge is -2.31. The number of nitrogens with zero attached hydrogens (tertiary/aromatic N) is 2. The van der Waals surface area contributed by atoms with Gasteiger partial charge in [-0.3, -0.25) is 9.59 Å². The van der Waals surface area contributed by atoms with Crippen LogP contribution in [0.4, 0.5) is 11.4 Å². The standard InChI is InChI=1S/C22H24N2O2/c1-15-7-5-11-19(16(15)2)24-14-18(13-21(24)25)22(26)23-12-6-9-17-8-3-4-10-20(17)23/h3-5,7-8,10-11,18H,6,9,12-14H2,1-2H3. The number of aryl methyl sites for hydroxylation is 2. The highest BCUT2D eigenvalue weighted by atomic mass is 16.2. The number of carbonyl (C=O) groups is 2. The molecule has 0 spiro atoms. The minimum absolute atomic E-state index is 0.0438. The Hall–Kier alpha value is -2.62. The summed E-state index contributed by atoms with van der Waals surface area (Å²) in [6, 6.07) is 14.1. The zero-order chi connectivity index (χ0) is 18.3. The van der Waals surface area contributed by atoms with Crippen molar-refractivity contribution in [2.75, 3.05) is 22.9 Å². The summed E-state index contributed by atoms with van der Waals surface area (Å²) >= 11 is 0. The number of hydrogen-bond donors (Lipinski definition) is 0. The fourth-order valence-corrected chi connectivity index (χ4v) is 4.12. The second-order valence-electron chi connectivity index (χ2n) is 7.35. The maximum absolute atomic E-state index is 13.2. The summed E-state index contributed by atoms with van der Waals surface area (Å²) < 4.78 is 0. The Morgan fingerprint density at radius 3 is 2.65 bits per heavy atom. The summed E-state index contributed by atoms with van der Waals surface area (Å²) in [6.07, 6.45) is 2.28. The third-order valence-electron chi connectivity index (χ3n) is 5.72. The normalized spacial score (nSPS) is 19.6. The maximum atomic E-state index is 13.2. The molecule has 4 heteroatoms. The molecule has 1 atom stereocenters. The topological polar surface area (TPSA) is 40.6 Å². The van der Waals surface area contributed by atoms with Crippen LogP contribution in [0.15, 0.2) is 42.5 Å². The molecule has 0 N–H and O–H groups in total. The third-order valence-corrected chi connectivity index (χ3v) is 5.72. The van der Waals surface area contributed by atoms with Gasteiger partial charge in [0.25, 0.3) is 0 Å². The van der Waals surface area contributed by atoms with Crippen molar-refractivity contribution in [1.82, 2.24) is 0 Å². The molecule has 2 aromatic carbocycles. The number of benzene rings is 2. The molecule has 0 bridgehead atoms. The Bertz CT molecular complexity index is 874. The van der Waals surface area contributed by atoms with E-state index in [1.807, 2.05) is 55.1 Å². The molecule has 2 aliphatic rings. The summed E-state index contributed by atoms with van der Waals surface area (Å²) in [4.78, 5) is 29.5. The van der Waals surface area contributed by atoms with Crippen molar-refractivity contribution in [3.05, 3.63) is 59.2 Å². The van der Waals surface area contributed by atoms with Gasteiger partial charge in [0.2, 0.25) is 11.8 Å². The number of carbonyl (C=O) groups excluding carboxylic acids is 2. The largest absolute Gasteiger partial charge is 0.312 e. The van der Waals surface area contributed by atoms with Crippen molar-refractivity contribution < 1.29 is 9.59 Å². The van der Waals surface area contributed by atoms with Gasteiger partial charge in [-0.2, -0.15) is 0 Å². The van der Waals surface area contributed by atoms with Crippen LogP contribution >= 0.6 is 0 Å². The molecule has 0 radical (unpaired) electrons. The number of hydrogen-bond acceptors (Lipinski definition) is 2. The average Bonchev–Trinajstić information content (AvgIpc) is 3.04. The molecular formula is C22H24N2O2. The molecule has 134 valence electrons. The van der Waals surface area contributed by atoms with Gasteiger partial charge in [-0.05, 0) is 55.5 Å². The number of rotatable bonds is 2. The smallest absolute Gasteiger partial charge is 0.232 e. The van der Waals surface area contributed by atoms with E-state index in [9.17, 15) is 9.59 Å². The first-order valence-corrected chi connectivity index (χ1v) is 9.32. The van der Waals surface area contributed by atoms with Crippen molar-refractivity contribution in [2.45, 2.75) is 33.1 Å². The Morgan fingerprint density at radius 2 is 1.81 bits per heavy atom. The third kappa shape index (κ3) is 2.79. The lowest BCUT2D eigenvalue weighted by molar-refractivity contribution is -0.124. The summed E-state index contributed by atoms with van der Waals surface area (Å²) in [5.74, 6) is -0.144. The van der Waals surface area contributed by atoms with Gasteiger partial charge in [0.1, 0.15) is 0 Å². The Balaban J connectivity index is 1.58. The number of fused-ring (bicyclic) bond motifs is 1. The summed E-state index contributed by atoms with van der Waals surface area (Å²) in [5, 5.41) is 0. The molecule has 4 nitrogen and oxygen atoms in total. The highest BCUT2D eigenvalue weighted by Crippen LogP contribution is 2.33. The molecule has 4 rings (SSSR count). The van der Waals surface area contributed by atoms with Gasteiger partial charge in [0.15, 0.2) is 0 Å². The van der Waals surface area contributed by atoms with E-state index in [1.165, 1.54) is 5.56 Å². The summed E-state index contributed by atoms with van der Waals surface area (Å²) in [6.45, 7) is 5.30. The van der Waals surface area contributed by atoms with E-state index in [1.54, 1.807) is 4.90 Å². The van der Waals surface area contributed by atoms with Crippen LogP contribution in [-0.2, 0) is 16.0 Å². The SMILES string of the molecule is Cc1cccc(N2CC(C(=O)N3CCCc4ccccc43)CC2=O)c1C. The number of para-hydroxylation sites is 1. The van der Waals surface area contributed by atoms with E-state index in [0.29, 0.717) is 13.0 Å². The monoisotopic (exact) mass is 348 g/mol. The van der Waals surface area contributed by atoms with E-state index in [4.69, 9.17) is 0 Å². The molecule has 0 aromatic heterocycles. The van der Waals surface area contributed by atoms with E-state index in [2.05, 4.69) is 6.07 Å². The maximum Gasteiger partial charge on any atom is 0.232 e. The molecule has 0 saturated carbocycles. The van der Waals surface area contributed by atoms with Gasteiger partial charge in [-0.15, -0.1) is 0 Å². The highest BCUT2D eigenvalue weighted by molar-refractivity contribution is 6.05. The molecule has 2 heterocycles. The zero-order valence-electron chi connectivity index (χ0n) is 15.4. The lowest BCUT2D eigenvalue weighted by atomic mass is 9.99. The molecule has 1 fully saturated rings. The van der Waals surface area contributed by atoms with Crippen LogP contribution in [0.3, 0.4) is 0 Å². The van der Waals surface area contributed by atoms with Crippen molar-refractivity contribution in [3.8, 4) is 0 Å². The summed E-state index contributed by atoms with van der Waals surface area (Å²) in [7, 11) is 0. The minimum Gasteiger partial charge on any atom is -0.312 e. The molecule has 1 saturated heterocycles. The van der Waals surface area contributed by atoms with E-state index in [0.717, 1.165) is 41.9 Å². The van der Waals surface area contributed by atoms with Gasteiger partial charge >= 0.3 is 0 Å². The first-order valence-electron chi connectivity index (χ1n) is 9.32. The Kier molecular flexibility index (Phi) is 4.27. The van der Waals surface area contributed by atoms with Crippen LogP contribution in [-0.4, -0.2) is 24.9 Å². The van der Waals surface area contributed by atoms with Gasteiger partial charge in [-0.25, -0.2) is 0 Å². The average molecular weight is 348 g/mol. The van der Waals surface area contributed by atoms with E-state index >= 15 is 0 Å². The van der Waals surface area contributed by atoms with Crippen LogP contribution in [0.25, 0.3) is 0 Å². The lowest BCUT2D eigenvalue weighted by Crippen LogP contribution is -2.40. The van der Waals surface area contributed by atoms with Crippen LogP contribution in [0.2, 0.25) is 0 Å². The highest BCUT2D eigenvalue weighted by Gasteiger charge is 2.38. The molecule has 1 unspecified atom stereocenters. The predicted molar refractivity (Wildman–Crippen MR) is 103 cm³/mol. The molecule has 26 heavy (non-hydrogen) atoms. The molecule has 2 amide bonds. The minimum atomic E-state index is -0.270. The molecule has 2 aliphatic heterocycles. The van der Waals surface area contributed by atoms with Crippen molar-refractivity contribution in [1.29, 1.82) is 0 Å². The number of amides is 2. The van der Waals surface area contributed by atoms with Crippen LogP contribution in [0.5, 0.6) is 0 Å². The van der Waals surface area contributed by atoms with Crippen LogP contribution in [0, 0.1) is 19.8 Å². The predicted octanol–water partition coefficient (Wildman–Crippen LogP) is 3.64. The Labute approximate surface area is 154 Å². The second kappa shape index (κ2) is 6.60. The van der Waals surface area contributed by atoms with Gasteiger partial charge in [-0.1, -0.05) is 30.3 Å². The van der Waals surface area contributed by atoms with Crippen molar-refractivity contribution in [3.63, 3.8) is 0 Å². The first-order chi connectivity index (χ1) is 12.6. The molecule has 0 aliphatic carbocycles. The fourth-order valence-electron chi connectivity index (χ4n) is 4.12. The van der Waals surface area contributed by atoms with Crippen molar-refractivity contribution >= 4 is 23.2 Å². The van der Waals surface area contributed by atoms with E-state index in [-0.39, 0.29) is 17.7 Å². The van der Waals surface area contributed by atoms with Gasteiger partial charge in [0.05, 0.1) is 5.92 Å². The van der Waals surface area contributed by atoms with Crippen molar-refractivity contribution in [2.24, 2.45) is 5.92 Å². The van der Waals surface area contributed by atoms with Gasteiger partial charge < -0.3 is 9.80 Å². The second-order valence-corrected chi connectivity index (χ2v) is 7.35. The molecular weight excluding hydrogens is 324 g/mol. The first kappa shape index (κ1) is 16.8. The summed E-state index contributed by atoms with van der Waals surface area (Å²) in [5.41, 5.74) is 5.45. The van der Waals surface area contributed by atoms with E-state index < -0.39 is 0 Å². The fraction of sp³-hybridized carbons (Fsp3) is 0.364. The molecule has 2 aromatic rings. The quantitative estimate of drug-likeness (QED) is 0.831. The Morgan fingerprint density at radius 1 is 1.04 bits per heavy atom. The van der Waals surface area contributed by atoms with Crippen LogP contribution in [0.1, 0.15) is 29.5 Å². The van der Waals surface area contributed by atoms with Crippen LogP contribution < -0.4 is 9.80 Å². The van der Waals surface area contributed by atoms with Gasteiger partial charge in [0, 0.05) is 30.9 Å². The zero-order valence-corrected chi connectivity index (χ0v) is 15.4. The number of anilines is 2.